The monoisotopic (exact) mass is 337 g/mol. The molecule has 1 saturated heterocycles. The summed E-state index contributed by atoms with van der Waals surface area (Å²) in [7, 11) is 0. The lowest BCUT2D eigenvalue weighted by molar-refractivity contribution is -0.186. The Morgan fingerprint density at radius 2 is 1.80 bits per heavy atom. The molecule has 2 bridgehead atoms. The molecule has 2 amide bonds. The molecule has 1 aliphatic heterocycles. The van der Waals surface area contributed by atoms with Gasteiger partial charge in [0.15, 0.2) is 0 Å². The fourth-order valence-electron chi connectivity index (χ4n) is 4.31. The van der Waals surface area contributed by atoms with E-state index in [9.17, 15) is 9.59 Å². The number of aromatic nitrogens is 3. The molecule has 0 N–H and O–H groups in total. The maximum Gasteiger partial charge on any atom is 0.312 e. The Balaban J connectivity index is 1.28. The van der Waals surface area contributed by atoms with Gasteiger partial charge in [-0.15, -0.1) is 5.10 Å². The van der Waals surface area contributed by atoms with Crippen LogP contribution >= 0.6 is 0 Å². The van der Waals surface area contributed by atoms with Crippen molar-refractivity contribution in [3.63, 3.8) is 0 Å². The van der Waals surface area contributed by atoms with E-state index in [0.29, 0.717) is 25.3 Å². The molecular formula is C18H19N5O2. The summed E-state index contributed by atoms with van der Waals surface area (Å²) in [4.78, 5) is 28.4. The van der Waals surface area contributed by atoms with Crippen molar-refractivity contribution in [2.45, 2.75) is 31.3 Å². The fraction of sp³-hybridized carbons (Fsp3) is 0.444. The third kappa shape index (κ3) is 2.18. The van der Waals surface area contributed by atoms with Crippen LogP contribution in [-0.4, -0.2) is 55.2 Å². The molecule has 128 valence electrons. The van der Waals surface area contributed by atoms with Gasteiger partial charge in [0.25, 0.3) is 0 Å². The van der Waals surface area contributed by atoms with E-state index in [4.69, 9.17) is 0 Å². The Bertz CT molecular complexity index is 829. The van der Waals surface area contributed by atoms with E-state index in [1.807, 2.05) is 35.2 Å². The molecule has 7 heteroatoms. The Kier molecular flexibility index (Phi) is 3.01. The Hall–Kier alpha value is -2.70. The smallest absolute Gasteiger partial charge is 0.312 e. The molecule has 1 aromatic carbocycles. The van der Waals surface area contributed by atoms with Crippen molar-refractivity contribution >= 4 is 11.8 Å². The van der Waals surface area contributed by atoms with Crippen molar-refractivity contribution < 1.29 is 9.59 Å². The predicted molar refractivity (Wildman–Crippen MR) is 88.6 cm³/mol. The maximum atomic E-state index is 12.5. The van der Waals surface area contributed by atoms with E-state index < -0.39 is 5.91 Å². The van der Waals surface area contributed by atoms with Crippen LogP contribution in [-0.2, 0) is 16.1 Å². The number of hydrogen-bond donors (Lipinski definition) is 0. The fourth-order valence-corrected chi connectivity index (χ4v) is 4.31. The first-order chi connectivity index (χ1) is 12.1. The number of rotatable bonds is 4. The Morgan fingerprint density at radius 3 is 2.48 bits per heavy atom. The molecule has 2 heterocycles. The SMILES string of the molecule is O=C1C(=O)N(C23CC(C2)C3)CCN1Cc1cn(-c2ccccc2)nn1. The second-order valence-corrected chi connectivity index (χ2v) is 7.38. The van der Waals surface area contributed by atoms with E-state index in [1.165, 1.54) is 0 Å². The van der Waals surface area contributed by atoms with Crippen LogP contribution in [0.3, 0.4) is 0 Å². The lowest BCUT2D eigenvalue weighted by Crippen LogP contribution is -2.73. The van der Waals surface area contributed by atoms with Crippen molar-refractivity contribution in [3.8, 4) is 5.69 Å². The summed E-state index contributed by atoms with van der Waals surface area (Å²) >= 11 is 0. The van der Waals surface area contributed by atoms with E-state index in [-0.39, 0.29) is 11.4 Å². The van der Waals surface area contributed by atoms with Crippen LogP contribution in [0, 0.1) is 5.92 Å². The average Bonchev–Trinajstić information content (AvgIpc) is 3.01. The van der Waals surface area contributed by atoms with Crippen LogP contribution in [0.2, 0.25) is 0 Å². The van der Waals surface area contributed by atoms with Crippen LogP contribution in [0.5, 0.6) is 0 Å². The van der Waals surface area contributed by atoms with Crippen molar-refractivity contribution in [3.05, 3.63) is 42.2 Å². The zero-order valence-electron chi connectivity index (χ0n) is 13.8. The van der Waals surface area contributed by atoms with Gasteiger partial charge in [-0.1, -0.05) is 23.4 Å². The molecule has 4 aliphatic rings. The highest BCUT2D eigenvalue weighted by Crippen LogP contribution is 2.60. The highest BCUT2D eigenvalue weighted by Gasteiger charge is 2.62. The van der Waals surface area contributed by atoms with Crippen molar-refractivity contribution in [2.75, 3.05) is 13.1 Å². The summed E-state index contributed by atoms with van der Waals surface area (Å²) in [6, 6.07) is 9.69. The first kappa shape index (κ1) is 14.6. The molecule has 25 heavy (non-hydrogen) atoms. The van der Waals surface area contributed by atoms with Crippen LogP contribution in [0.15, 0.2) is 36.5 Å². The van der Waals surface area contributed by atoms with Gasteiger partial charge in [-0.3, -0.25) is 9.59 Å². The van der Waals surface area contributed by atoms with E-state index >= 15 is 0 Å². The Labute approximate surface area is 145 Å². The van der Waals surface area contributed by atoms with Crippen LogP contribution in [0.25, 0.3) is 5.69 Å². The highest BCUT2D eigenvalue weighted by molar-refractivity contribution is 6.35. The van der Waals surface area contributed by atoms with Gasteiger partial charge in [0, 0.05) is 18.6 Å². The van der Waals surface area contributed by atoms with E-state index in [0.717, 1.165) is 30.9 Å². The molecule has 7 nitrogen and oxygen atoms in total. The van der Waals surface area contributed by atoms with Crippen LogP contribution in [0.1, 0.15) is 25.0 Å². The molecular weight excluding hydrogens is 318 g/mol. The summed E-state index contributed by atoms with van der Waals surface area (Å²) in [5, 5.41) is 8.26. The number of carbonyl (C=O) groups is 2. The predicted octanol–water partition coefficient (Wildman–Crippen LogP) is 0.991. The minimum Gasteiger partial charge on any atom is -0.327 e. The molecule has 3 saturated carbocycles. The second kappa shape index (κ2) is 5.15. The number of carbonyl (C=O) groups excluding carboxylic acids is 2. The number of amides is 2. The highest BCUT2D eigenvalue weighted by atomic mass is 16.2. The molecule has 6 rings (SSSR count). The summed E-state index contributed by atoms with van der Waals surface area (Å²) < 4.78 is 1.68. The lowest BCUT2D eigenvalue weighted by Gasteiger charge is -2.66. The number of nitrogens with zero attached hydrogens (tertiary/aromatic N) is 5. The summed E-state index contributed by atoms with van der Waals surface area (Å²) in [6.07, 6.45) is 5.05. The number of benzene rings is 1. The molecule has 2 aromatic rings. The van der Waals surface area contributed by atoms with E-state index in [2.05, 4.69) is 10.3 Å². The zero-order chi connectivity index (χ0) is 17.0. The van der Waals surface area contributed by atoms with Crippen molar-refractivity contribution in [1.29, 1.82) is 0 Å². The number of para-hydroxylation sites is 1. The van der Waals surface area contributed by atoms with Gasteiger partial charge in [-0.2, -0.15) is 0 Å². The summed E-state index contributed by atoms with van der Waals surface area (Å²) in [5.41, 5.74) is 1.61. The van der Waals surface area contributed by atoms with Crippen LogP contribution in [0.4, 0.5) is 0 Å². The molecule has 0 spiro atoms. The van der Waals surface area contributed by atoms with Gasteiger partial charge in [0.05, 0.1) is 18.4 Å². The zero-order valence-corrected chi connectivity index (χ0v) is 13.8. The summed E-state index contributed by atoms with van der Waals surface area (Å²) in [6.45, 7) is 1.51. The number of piperazine rings is 1. The average molecular weight is 337 g/mol. The summed E-state index contributed by atoms with van der Waals surface area (Å²) in [5.74, 6) is 0.0269. The van der Waals surface area contributed by atoms with Gasteiger partial charge in [-0.05, 0) is 37.3 Å². The quantitative estimate of drug-likeness (QED) is 0.780. The van der Waals surface area contributed by atoms with Crippen molar-refractivity contribution in [2.24, 2.45) is 5.92 Å². The molecule has 4 fully saturated rings. The largest absolute Gasteiger partial charge is 0.327 e. The van der Waals surface area contributed by atoms with Gasteiger partial charge >= 0.3 is 11.8 Å². The minimum atomic E-state index is -0.412. The molecule has 1 aromatic heterocycles. The van der Waals surface area contributed by atoms with Gasteiger partial charge in [0.1, 0.15) is 5.69 Å². The maximum absolute atomic E-state index is 12.5. The standard InChI is InChI=1S/C18H19N5O2/c24-16-17(25)22(18-8-13(9-18)10-18)7-6-21(16)11-14-12-23(20-19-14)15-4-2-1-3-5-15/h1-5,12-13H,6-11H2. The van der Waals surface area contributed by atoms with E-state index in [1.54, 1.807) is 15.8 Å². The third-order valence-corrected chi connectivity index (χ3v) is 5.80. The van der Waals surface area contributed by atoms with Crippen LogP contribution < -0.4 is 0 Å². The minimum absolute atomic E-state index is 0.0138. The molecule has 0 unspecified atom stereocenters. The Morgan fingerprint density at radius 1 is 1.04 bits per heavy atom. The molecule has 0 radical (unpaired) electrons. The number of hydrogen-bond acceptors (Lipinski definition) is 4. The lowest BCUT2D eigenvalue weighted by atomic mass is 9.49. The van der Waals surface area contributed by atoms with Crippen molar-refractivity contribution in [1.82, 2.24) is 24.8 Å². The normalized spacial score (nSPS) is 27.9. The second-order valence-electron chi connectivity index (χ2n) is 7.38. The van der Waals surface area contributed by atoms with Gasteiger partial charge in [-0.25, -0.2) is 4.68 Å². The molecule has 3 aliphatic carbocycles. The molecule has 0 atom stereocenters. The first-order valence-electron chi connectivity index (χ1n) is 8.72. The van der Waals surface area contributed by atoms with Gasteiger partial charge in [0.2, 0.25) is 0 Å². The third-order valence-electron chi connectivity index (χ3n) is 5.80. The van der Waals surface area contributed by atoms with Gasteiger partial charge < -0.3 is 9.80 Å². The topological polar surface area (TPSA) is 71.3 Å². The first-order valence-corrected chi connectivity index (χ1v) is 8.72.